The molecular weight excluding hydrogens is 410 g/mol. The maximum Gasteiger partial charge on any atom is 0.422 e. The summed E-state index contributed by atoms with van der Waals surface area (Å²) >= 11 is 0. The van der Waals surface area contributed by atoms with Crippen molar-refractivity contribution in [2.45, 2.75) is 44.6 Å². The molecule has 2 aliphatic heterocycles. The molecule has 11 heteroatoms. The van der Waals surface area contributed by atoms with Gasteiger partial charge in [0, 0.05) is 7.05 Å². The summed E-state index contributed by atoms with van der Waals surface area (Å²) in [7, 11) is 2.54. The Kier molecular flexibility index (Phi) is 5.92. The lowest BCUT2D eigenvalue weighted by Crippen LogP contribution is -2.60. The number of carbonyl (C=O) groups excluding carboxylic acids is 4. The average Bonchev–Trinajstić information content (AvgIpc) is 3.26. The van der Waals surface area contributed by atoms with Gasteiger partial charge in [0.2, 0.25) is 17.6 Å². The first-order chi connectivity index (χ1) is 14.4. The number of hydrogen-bond donors (Lipinski definition) is 2. The molecule has 0 aromatic carbocycles. The molecule has 168 valence electrons. The fourth-order valence-corrected chi connectivity index (χ4v) is 3.51. The van der Waals surface area contributed by atoms with Crippen molar-refractivity contribution in [1.29, 1.82) is 0 Å². The van der Waals surface area contributed by atoms with E-state index in [4.69, 9.17) is 9.15 Å². The van der Waals surface area contributed by atoms with Gasteiger partial charge in [-0.1, -0.05) is 12.2 Å². The summed E-state index contributed by atoms with van der Waals surface area (Å²) in [4.78, 5) is 50.2. The summed E-state index contributed by atoms with van der Waals surface area (Å²) in [5.41, 5.74) is 1.67. The van der Waals surface area contributed by atoms with Crippen LogP contribution in [0.5, 0.6) is 0 Å². The Morgan fingerprint density at radius 3 is 2.48 bits per heavy atom. The Bertz CT molecular complexity index is 931. The molecule has 2 aliphatic rings. The van der Waals surface area contributed by atoms with Gasteiger partial charge in [0.05, 0.1) is 19.1 Å². The number of likely N-dealkylation sites (N-methyl/N-ethyl adjacent to an activating group) is 1. The summed E-state index contributed by atoms with van der Waals surface area (Å²) < 4.78 is 15.2. The van der Waals surface area contributed by atoms with Gasteiger partial charge in [0.25, 0.3) is 0 Å². The van der Waals surface area contributed by atoms with Crippen molar-refractivity contribution in [2.24, 2.45) is 5.92 Å². The van der Waals surface area contributed by atoms with E-state index in [1.807, 2.05) is 0 Å². The van der Waals surface area contributed by atoms with Gasteiger partial charge in [-0.25, -0.2) is 9.59 Å². The summed E-state index contributed by atoms with van der Waals surface area (Å²) in [5.74, 6) is -2.64. The SMILES string of the molecule is COC(=O)c1ccc(C(O)C2C=CC3C(=O)N(C)C(=O)C3N2NC(=O)OC(C)(C)C)o1. The molecule has 4 atom stereocenters. The number of likely N-dealkylation sites (tertiary alicyclic amines) is 1. The maximum absolute atomic E-state index is 12.7. The largest absolute Gasteiger partial charge is 0.463 e. The van der Waals surface area contributed by atoms with Crippen molar-refractivity contribution in [3.05, 3.63) is 35.8 Å². The fraction of sp³-hybridized carbons (Fsp3) is 0.500. The van der Waals surface area contributed by atoms with E-state index in [2.05, 4.69) is 10.2 Å². The van der Waals surface area contributed by atoms with E-state index in [0.29, 0.717) is 0 Å². The molecule has 11 nitrogen and oxygen atoms in total. The van der Waals surface area contributed by atoms with Gasteiger partial charge in [-0.05, 0) is 32.9 Å². The predicted octanol–water partition coefficient (Wildman–Crippen LogP) is 0.763. The minimum atomic E-state index is -1.39. The van der Waals surface area contributed by atoms with E-state index in [1.165, 1.54) is 43.5 Å². The highest BCUT2D eigenvalue weighted by atomic mass is 16.6. The van der Waals surface area contributed by atoms with Crippen molar-refractivity contribution in [2.75, 3.05) is 14.2 Å². The molecule has 3 rings (SSSR count). The van der Waals surface area contributed by atoms with Crippen LogP contribution in [-0.2, 0) is 19.1 Å². The van der Waals surface area contributed by atoms with Crippen molar-refractivity contribution in [1.82, 2.24) is 15.3 Å². The lowest BCUT2D eigenvalue weighted by atomic mass is 9.92. The molecule has 4 unspecified atom stereocenters. The van der Waals surface area contributed by atoms with Gasteiger partial charge < -0.3 is 19.0 Å². The summed E-state index contributed by atoms with van der Waals surface area (Å²) in [6.07, 6.45) is 0.760. The number of aliphatic hydroxyl groups is 1. The number of aliphatic hydroxyl groups excluding tert-OH is 1. The minimum Gasteiger partial charge on any atom is -0.463 e. The Morgan fingerprint density at radius 2 is 1.87 bits per heavy atom. The Morgan fingerprint density at radius 1 is 1.19 bits per heavy atom. The third-order valence-electron chi connectivity index (χ3n) is 4.92. The number of amides is 3. The zero-order chi connectivity index (χ0) is 23.1. The lowest BCUT2D eigenvalue weighted by molar-refractivity contribution is -0.139. The highest BCUT2D eigenvalue weighted by Gasteiger charge is 2.53. The standard InChI is InChI=1S/C20H25N3O8/c1-20(2,3)31-19(28)21-23-11(7-6-10-14(23)17(26)22(4)16(10)25)15(24)12-8-9-13(30-12)18(27)29-5/h6-11,14-15,24H,1-5H3,(H,21,28). The van der Waals surface area contributed by atoms with Gasteiger partial charge in [-0.2, -0.15) is 5.01 Å². The highest BCUT2D eigenvalue weighted by molar-refractivity contribution is 6.08. The van der Waals surface area contributed by atoms with Crippen LogP contribution in [0.4, 0.5) is 4.79 Å². The van der Waals surface area contributed by atoms with Gasteiger partial charge in [0.1, 0.15) is 23.5 Å². The topological polar surface area (TPSA) is 139 Å². The number of furan rings is 1. The molecule has 1 saturated heterocycles. The number of nitrogens with zero attached hydrogens (tertiary/aromatic N) is 2. The Hall–Kier alpha value is -3.18. The smallest absolute Gasteiger partial charge is 0.422 e. The number of hydrogen-bond acceptors (Lipinski definition) is 9. The van der Waals surface area contributed by atoms with Crippen molar-refractivity contribution in [3.8, 4) is 0 Å². The first kappa shape index (κ1) is 22.5. The van der Waals surface area contributed by atoms with E-state index in [-0.39, 0.29) is 11.5 Å². The van der Waals surface area contributed by atoms with Crippen LogP contribution in [0.1, 0.15) is 43.2 Å². The zero-order valence-corrected chi connectivity index (χ0v) is 17.8. The van der Waals surface area contributed by atoms with E-state index in [9.17, 15) is 24.3 Å². The normalized spacial score (nSPS) is 24.7. The molecule has 1 fully saturated rings. The monoisotopic (exact) mass is 435 g/mol. The summed E-state index contributed by atoms with van der Waals surface area (Å²) in [6.45, 7) is 5.02. The van der Waals surface area contributed by atoms with E-state index >= 15 is 0 Å². The number of fused-ring (bicyclic) bond motifs is 1. The fourth-order valence-electron chi connectivity index (χ4n) is 3.51. The van der Waals surface area contributed by atoms with Crippen LogP contribution in [0.15, 0.2) is 28.7 Å². The van der Waals surface area contributed by atoms with E-state index in [1.54, 1.807) is 20.8 Å². The quantitative estimate of drug-likeness (QED) is 0.399. The molecule has 0 saturated carbocycles. The molecule has 0 aliphatic carbocycles. The number of methoxy groups -OCH3 is 1. The molecule has 3 amide bonds. The van der Waals surface area contributed by atoms with Crippen LogP contribution in [-0.4, -0.2) is 70.7 Å². The molecule has 2 N–H and O–H groups in total. The van der Waals surface area contributed by atoms with Gasteiger partial charge in [-0.3, -0.25) is 19.9 Å². The molecule has 0 bridgehead atoms. The third-order valence-corrected chi connectivity index (χ3v) is 4.92. The Labute approximate surface area is 178 Å². The number of nitrogens with one attached hydrogen (secondary N) is 1. The highest BCUT2D eigenvalue weighted by Crippen LogP contribution is 2.34. The second kappa shape index (κ2) is 8.16. The summed E-state index contributed by atoms with van der Waals surface area (Å²) in [5, 5.41) is 12.1. The maximum atomic E-state index is 12.7. The molecule has 31 heavy (non-hydrogen) atoms. The predicted molar refractivity (Wildman–Crippen MR) is 104 cm³/mol. The number of esters is 1. The van der Waals surface area contributed by atoms with Gasteiger partial charge >= 0.3 is 12.1 Å². The van der Waals surface area contributed by atoms with Crippen molar-refractivity contribution < 1.29 is 38.2 Å². The second-order valence-electron chi connectivity index (χ2n) is 8.24. The first-order valence-electron chi connectivity index (χ1n) is 9.58. The third kappa shape index (κ3) is 4.32. The van der Waals surface area contributed by atoms with Crippen LogP contribution in [0.3, 0.4) is 0 Å². The number of imide groups is 1. The number of carbonyl (C=O) groups is 4. The molecular formula is C20H25N3O8. The number of rotatable bonds is 4. The number of hydrazine groups is 1. The van der Waals surface area contributed by atoms with E-state index < -0.39 is 53.6 Å². The van der Waals surface area contributed by atoms with Gasteiger partial charge in [0.15, 0.2) is 0 Å². The van der Waals surface area contributed by atoms with Gasteiger partial charge in [-0.15, -0.1) is 0 Å². The van der Waals surface area contributed by atoms with Crippen molar-refractivity contribution in [3.63, 3.8) is 0 Å². The van der Waals surface area contributed by atoms with Crippen LogP contribution in [0.2, 0.25) is 0 Å². The zero-order valence-electron chi connectivity index (χ0n) is 17.8. The van der Waals surface area contributed by atoms with Crippen LogP contribution >= 0.6 is 0 Å². The average molecular weight is 435 g/mol. The van der Waals surface area contributed by atoms with Crippen molar-refractivity contribution >= 4 is 23.9 Å². The summed E-state index contributed by atoms with van der Waals surface area (Å²) in [6, 6.07) is 0.651. The lowest BCUT2D eigenvalue weighted by Gasteiger charge is -2.39. The molecule has 1 aromatic rings. The Balaban J connectivity index is 1.94. The first-order valence-corrected chi connectivity index (χ1v) is 9.58. The van der Waals surface area contributed by atoms with Crippen LogP contribution in [0.25, 0.3) is 0 Å². The van der Waals surface area contributed by atoms with Crippen LogP contribution < -0.4 is 5.43 Å². The van der Waals surface area contributed by atoms with Crippen LogP contribution in [0, 0.1) is 5.92 Å². The number of ether oxygens (including phenoxy) is 2. The van der Waals surface area contributed by atoms with E-state index in [0.717, 1.165) is 4.90 Å². The molecule has 1 aromatic heterocycles. The minimum absolute atomic E-state index is 0.00890. The molecule has 0 radical (unpaired) electrons. The second-order valence-corrected chi connectivity index (χ2v) is 8.24. The molecule has 3 heterocycles. The molecule has 0 spiro atoms.